The number of aromatic carboxylic acids is 1. The molecule has 1 aromatic heterocycles. The lowest BCUT2D eigenvalue weighted by atomic mass is 9.96. The third-order valence-electron chi connectivity index (χ3n) is 4.63. The molecule has 1 N–H and O–H groups in total. The minimum Gasteiger partial charge on any atom is -0.476 e. The number of carboxylic acids is 1. The molecular weight excluding hydrogens is 288 g/mol. The Kier molecular flexibility index (Phi) is 3.97. The first kappa shape index (κ1) is 14.5. The first-order valence-corrected chi connectivity index (χ1v) is 8.41. The maximum absolute atomic E-state index is 11.6. The van der Waals surface area contributed by atoms with Crippen molar-refractivity contribution in [3.63, 3.8) is 0 Å². The Morgan fingerprint density at radius 1 is 1.24 bits per heavy atom. The molecule has 21 heavy (non-hydrogen) atoms. The van der Waals surface area contributed by atoms with E-state index in [9.17, 15) is 14.7 Å². The van der Waals surface area contributed by atoms with Gasteiger partial charge in [-0.05, 0) is 31.6 Å². The van der Waals surface area contributed by atoms with Gasteiger partial charge in [-0.15, -0.1) is 0 Å². The van der Waals surface area contributed by atoms with Gasteiger partial charge in [-0.2, -0.15) is 0 Å². The molecule has 1 atom stereocenters. The molecule has 114 valence electrons. The molecule has 1 aliphatic carbocycles. The molecule has 3 rings (SSSR count). The Labute approximate surface area is 128 Å². The largest absolute Gasteiger partial charge is 0.476 e. The van der Waals surface area contributed by atoms with Gasteiger partial charge in [0.05, 0.1) is 0 Å². The average molecular weight is 308 g/mol. The fourth-order valence-corrected chi connectivity index (χ4v) is 4.71. The zero-order chi connectivity index (χ0) is 15.0. The minimum absolute atomic E-state index is 0.0837. The number of nitrogens with zero attached hydrogens (tertiary/aromatic N) is 2. The van der Waals surface area contributed by atoms with Crippen molar-refractivity contribution in [2.24, 2.45) is 5.92 Å². The van der Waals surface area contributed by atoms with Crippen molar-refractivity contribution in [3.05, 3.63) is 10.6 Å². The molecule has 0 radical (unpaired) electrons. The van der Waals surface area contributed by atoms with Gasteiger partial charge >= 0.3 is 5.97 Å². The van der Waals surface area contributed by atoms with Crippen LogP contribution in [0.15, 0.2) is 0 Å². The van der Waals surface area contributed by atoms with Crippen molar-refractivity contribution in [2.45, 2.75) is 51.5 Å². The predicted molar refractivity (Wildman–Crippen MR) is 81.4 cm³/mol. The van der Waals surface area contributed by atoms with Crippen molar-refractivity contribution in [1.29, 1.82) is 0 Å². The molecule has 2 fully saturated rings. The van der Waals surface area contributed by atoms with Crippen LogP contribution < -0.4 is 4.90 Å². The number of hydrogen-bond donors (Lipinski definition) is 1. The molecule has 2 aliphatic rings. The summed E-state index contributed by atoms with van der Waals surface area (Å²) in [5.74, 6) is -0.627. The lowest BCUT2D eigenvalue weighted by molar-refractivity contribution is 0.0687. The highest BCUT2D eigenvalue weighted by molar-refractivity contribution is 7.17. The smallest absolute Gasteiger partial charge is 0.356 e. The summed E-state index contributed by atoms with van der Waals surface area (Å²) in [5.41, 5.74) is -0.0837. The first-order chi connectivity index (χ1) is 10.1. The van der Waals surface area contributed by atoms with Crippen LogP contribution >= 0.6 is 11.3 Å². The quantitative estimate of drug-likeness (QED) is 0.865. The zero-order valence-electron chi connectivity index (χ0n) is 12.2. The second kappa shape index (κ2) is 5.75. The van der Waals surface area contributed by atoms with Crippen molar-refractivity contribution in [3.8, 4) is 0 Å². The zero-order valence-corrected chi connectivity index (χ0v) is 13.0. The van der Waals surface area contributed by atoms with Crippen LogP contribution in [0.4, 0.5) is 5.13 Å². The third kappa shape index (κ3) is 2.69. The minimum atomic E-state index is -1.11. The molecule has 0 amide bonds. The number of ketones is 1. The van der Waals surface area contributed by atoms with Gasteiger partial charge in [-0.25, -0.2) is 9.78 Å². The van der Waals surface area contributed by atoms with Crippen LogP contribution in [0, 0.1) is 5.92 Å². The molecule has 6 heteroatoms. The van der Waals surface area contributed by atoms with E-state index < -0.39 is 5.97 Å². The molecule has 1 aromatic rings. The van der Waals surface area contributed by atoms with Crippen molar-refractivity contribution >= 4 is 28.2 Å². The van der Waals surface area contributed by atoms with Gasteiger partial charge in [0.2, 0.25) is 0 Å². The van der Waals surface area contributed by atoms with Crippen LogP contribution in [0.3, 0.4) is 0 Å². The summed E-state index contributed by atoms with van der Waals surface area (Å²) in [5, 5.41) is 9.94. The van der Waals surface area contributed by atoms with E-state index >= 15 is 0 Å². The van der Waals surface area contributed by atoms with Gasteiger partial charge in [-0.1, -0.05) is 24.2 Å². The van der Waals surface area contributed by atoms with E-state index in [1.165, 1.54) is 43.9 Å². The Morgan fingerprint density at radius 2 is 1.95 bits per heavy atom. The molecule has 0 bridgehead atoms. The molecule has 2 heterocycles. The summed E-state index contributed by atoms with van der Waals surface area (Å²) in [4.78, 5) is 29.7. The maximum atomic E-state index is 11.6. The molecule has 0 aromatic carbocycles. The summed E-state index contributed by atoms with van der Waals surface area (Å²) < 4.78 is 0. The normalized spacial score (nSPS) is 22.9. The SMILES string of the molecule is CC(=O)c1sc(N2CCCC2C2CCCC2)nc1C(=O)O. The van der Waals surface area contributed by atoms with Gasteiger partial charge in [0.1, 0.15) is 4.88 Å². The predicted octanol–water partition coefficient (Wildman–Crippen LogP) is 3.20. The molecule has 0 spiro atoms. The molecule has 5 nitrogen and oxygen atoms in total. The fraction of sp³-hybridized carbons (Fsp3) is 0.667. The van der Waals surface area contributed by atoms with E-state index in [0.29, 0.717) is 17.1 Å². The summed E-state index contributed by atoms with van der Waals surface area (Å²) in [6, 6.07) is 0.472. The van der Waals surface area contributed by atoms with Crippen LogP contribution in [0.2, 0.25) is 0 Å². The topological polar surface area (TPSA) is 70.5 Å². The lowest BCUT2D eigenvalue weighted by Gasteiger charge is -2.28. The van der Waals surface area contributed by atoms with Gasteiger partial charge < -0.3 is 10.0 Å². The number of Topliss-reactive ketones (excluding diaryl/α,β-unsaturated/α-hetero) is 1. The first-order valence-electron chi connectivity index (χ1n) is 7.59. The Bertz CT molecular complexity index is 532. The number of carbonyl (C=O) groups excluding carboxylic acids is 1. The monoisotopic (exact) mass is 308 g/mol. The highest BCUT2D eigenvalue weighted by Gasteiger charge is 2.35. The Morgan fingerprint density at radius 3 is 2.52 bits per heavy atom. The molecular formula is C15H20N2O3S. The van der Waals surface area contributed by atoms with Crippen molar-refractivity contribution in [2.75, 3.05) is 11.4 Å². The highest BCUT2D eigenvalue weighted by atomic mass is 32.1. The number of hydrogen-bond acceptors (Lipinski definition) is 5. The van der Waals surface area contributed by atoms with E-state index in [4.69, 9.17) is 0 Å². The second-order valence-electron chi connectivity index (χ2n) is 5.98. The van der Waals surface area contributed by atoms with Crippen LogP contribution in [0.25, 0.3) is 0 Å². The number of carbonyl (C=O) groups is 2. The summed E-state index contributed by atoms with van der Waals surface area (Å²) in [6.07, 6.45) is 7.40. The van der Waals surface area contributed by atoms with E-state index in [-0.39, 0.29) is 16.4 Å². The van der Waals surface area contributed by atoms with Crippen LogP contribution in [-0.4, -0.2) is 34.4 Å². The molecule has 1 unspecified atom stereocenters. The Hall–Kier alpha value is -1.43. The van der Waals surface area contributed by atoms with Crippen LogP contribution in [0.5, 0.6) is 0 Å². The summed E-state index contributed by atoms with van der Waals surface area (Å²) in [6.45, 7) is 2.33. The molecule has 1 saturated carbocycles. The number of carboxylic acid groups (broad SMARTS) is 1. The Balaban J connectivity index is 1.90. The number of aromatic nitrogens is 1. The standard InChI is InChI=1S/C15H20N2O3S/c1-9(18)13-12(14(19)20)16-15(21-13)17-8-4-7-11(17)10-5-2-3-6-10/h10-11H,2-8H2,1H3,(H,19,20). The highest BCUT2D eigenvalue weighted by Crippen LogP contribution is 2.39. The lowest BCUT2D eigenvalue weighted by Crippen LogP contribution is -2.34. The summed E-state index contributed by atoms with van der Waals surface area (Å²) in [7, 11) is 0. The number of anilines is 1. The van der Waals surface area contributed by atoms with E-state index in [1.807, 2.05) is 0 Å². The van der Waals surface area contributed by atoms with Gasteiger partial charge in [0.25, 0.3) is 0 Å². The summed E-state index contributed by atoms with van der Waals surface area (Å²) >= 11 is 1.24. The van der Waals surface area contributed by atoms with E-state index in [2.05, 4.69) is 9.88 Å². The van der Waals surface area contributed by atoms with E-state index in [0.717, 1.165) is 19.4 Å². The van der Waals surface area contributed by atoms with Gasteiger partial charge in [0.15, 0.2) is 16.6 Å². The van der Waals surface area contributed by atoms with Crippen LogP contribution in [0.1, 0.15) is 65.6 Å². The number of rotatable bonds is 4. The van der Waals surface area contributed by atoms with E-state index in [1.54, 1.807) is 0 Å². The molecule has 1 saturated heterocycles. The van der Waals surface area contributed by atoms with Gasteiger partial charge in [-0.3, -0.25) is 4.79 Å². The van der Waals surface area contributed by atoms with Crippen molar-refractivity contribution in [1.82, 2.24) is 4.98 Å². The van der Waals surface area contributed by atoms with Gasteiger partial charge in [0, 0.05) is 19.5 Å². The molecule has 1 aliphatic heterocycles. The van der Waals surface area contributed by atoms with Crippen molar-refractivity contribution < 1.29 is 14.7 Å². The third-order valence-corrected chi connectivity index (χ3v) is 5.82. The average Bonchev–Trinajstić information content (AvgIpc) is 3.17. The number of thiazole rings is 1. The van der Waals surface area contributed by atoms with Crippen LogP contribution in [-0.2, 0) is 0 Å². The second-order valence-corrected chi connectivity index (χ2v) is 6.96. The fourth-order valence-electron chi connectivity index (χ4n) is 3.68. The maximum Gasteiger partial charge on any atom is 0.356 e.